The summed E-state index contributed by atoms with van der Waals surface area (Å²) in [5, 5.41) is 3.47. The summed E-state index contributed by atoms with van der Waals surface area (Å²) in [5.74, 6) is 0. The first-order valence-corrected chi connectivity index (χ1v) is 7.75. The smallest absolute Gasteiger partial charge is 0.0107 e. The molecular weight excluding hydrogens is 232 g/mol. The fourth-order valence-corrected chi connectivity index (χ4v) is 2.85. The fourth-order valence-electron chi connectivity index (χ4n) is 2.85. The van der Waals surface area contributed by atoms with E-state index in [-0.39, 0.29) is 0 Å². The van der Waals surface area contributed by atoms with Gasteiger partial charge in [0.25, 0.3) is 0 Å². The van der Waals surface area contributed by atoms with Crippen molar-refractivity contribution in [3.05, 3.63) is 34.9 Å². The monoisotopic (exact) mass is 260 g/mol. The maximum atomic E-state index is 3.47. The summed E-state index contributed by atoms with van der Waals surface area (Å²) in [4.78, 5) is 2.61. The third-order valence-electron chi connectivity index (χ3n) is 4.11. The molecule has 0 amide bonds. The minimum absolute atomic E-state index is 1.16. The van der Waals surface area contributed by atoms with Gasteiger partial charge in [-0.3, -0.25) is 0 Å². The van der Waals surface area contributed by atoms with Crippen molar-refractivity contribution < 1.29 is 0 Å². The predicted octanol–water partition coefficient (Wildman–Crippen LogP) is 2.92. The van der Waals surface area contributed by atoms with Crippen LogP contribution >= 0.6 is 0 Å². The van der Waals surface area contributed by atoms with E-state index >= 15 is 0 Å². The second-order valence-electron chi connectivity index (χ2n) is 5.83. The Bertz CT molecular complexity index is 379. The van der Waals surface area contributed by atoms with Crippen LogP contribution in [-0.2, 0) is 6.42 Å². The molecule has 0 unspecified atom stereocenters. The third-order valence-corrected chi connectivity index (χ3v) is 4.11. The van der Waals surface area contributed by atoms with E-state index in [2.05, 4.69) is 42.3 Å². The Morgan fingerprint density at radius 3 is 2.89 bits per heavy atom. The minimum Gasteiger partial charge on any atom is -0.315 e. The summed E-state index contributed by atoms with van der Waals surface area (Å²) < 4.78 is 0. The summed E-state index contributed by atoms with van der Waals surface area (Å²) >= 11 is 0. The van der Waals surface area contributed by atoms with Crippen molar-refractivity contribution in [2.24, 2.45) is 0 Å². The lowest BCUT2D eigenvalue weighted by Gasteiger charge is -2.19. The molecule has 1 fully saturated rings. The number of hydrogen-bond acceptors (Lipinski definition) is 2. The Balaban J connectivity index is 1.69. The van der Waals surface area contributed by atoms with E-state index < -0.39 is 0 Å². The first kappa shape index (κ1) is 14.5. The molecule has 0 atom stereocenters. The van der Waals surface area contributed by atoms with E-state index in [4.69, 9.17) is 0 Å². The zero-order valence-corrected chi connectivity index (χ0v) is 12.5. The van der Waals surface area contributed by atoms with E-state index in [1.165, 1.54) is 68.6 Å². The summed E-state index contributed by atoms with van der Waals surface area (Å²) in [6.45, 7) is 10.5. The molecule has 0 saturated carbocycles. The van der Waals surface area contributed by atoms with E-state index in [9.17, 15) is 0 Å². The predicted molar refractivity (Wildman–Crippen MR) is 82.8 cm³/mol. The van der Waals surface area contributed by atoms with Crippen molar-refractivity contribution in [3.63, 3.8) is 0 Å². The van der Waals surface area contributed by atoms with Crippen molar-refractivity contribution in [2.45, 2.75) is 39.5 Å². The molecule has 0 spiro atoms. The maximum Gasteiger partial charge on any atom is 0.0107 e. The first-order chi connectivity index (χ1) is 9.25. The Hall–Kier alpha value is -0.860. The van der Waals surface area contributed by atoms with E-state index in [0.29, 0.717) is 0 Å². The Labute approximate surface area is 118 Å². The molecule has 1 aromatic rings. The molecule has 1 N–H and O–H groups in total. The standard InChI is InChI=1S/C17H28N2/c1-15-7-8-16(2)17(14-15)6-3-4-11-19-12-5-9-18-10-13-19/h7-8,14,18H,3-6,9-13H2,1-2H3. The number of rotatable bonds is 5. The van der Waals surface area contributed by atoms with Crippen LogP contribution in [0.25, 0.3) is 0 Å². The molecular formula is C17H28N2. The molecule has 1 saturated heterocycles. The highest BCUT2D eigenvalue weighted by molar-refractivity contribution is 5.30. The van der Waals surface area contributed by atoms with Gasteiger partial charge in [0.15, 0.2) is 0 Å². The summed E-state index contributed by atoms with van der Waals surface area (Å²) in [6, 6.07) is 6.82. The molecule has 1 aromatic carbocycles. The lowest BCUT2D eigenvalue weighted by atomic mass is 10.0. The molecule has 1 heterocycles. The van der Waals surface area contributed by atoms with Crippen LogP contribution < -0.4 is 5.32 Å². The van der Waals surface area contributed by atoms with Crippen LogP contribution in [0.1, 0.15) is 36.0 Å². The average molecular weight is 260 g/mol. The molecule has 1 aliphatic heterocycles. The SMILES string of the molecule is Cc1ccc(C)c(CCCCN2CCCNCC2)c1. The topological polar surface area (TPSA) is 15.3 Å². The average Bonchev–Trinajstić information content (AvgIpc) is 2.67. The van der Waals surface area contributed by atoms with Crippen LogP contribution in [-0.4, -0.2) is 37.6 Å². The maximum absolute atomic E-state index is 3.47. The van der Waals surface area contributed by atoms with E-state index in [1.54, 1.807) is 0 Å². The zero-order chi connectivity index (χ0) is 13.5. The number of unbranched alkanes of at least 4 members (excludes halogenated alkanes) is 1. The molecule has 1 aliphatic rings. The van der Waals surface area contributed by atoms with Crippen molar-refractivity contribution in [1.82, 2.24) is 10.2 Å². The number of benzene rings is 1. The van der Waals surface area contributed by atoms with Crippen LogP contribution in [0.5, 0.6) is 0 Å². The first-order valence-electron chi connectivity index (χ1n) is 7.75. The Morgan fingerprint density at radius 1 is 1.11 bits per heavy atom. The Kier molecular flexibility index (Phi) is 5.87. The molecule has 2 heteroatoms. The normalized spacial score (nSPS) is 17.4. The van der Waals surface area contributed by atoms with Crippen LogP contribution in [0, 0.1) is 13.8 Å². The molecule has 0 radical (unpaired) electrons. The van der Waals surface area contributed by atoms with Gasteiger partial charge < -0.3 is 10.2 Å². The van der Waals surface area contributed by atoms with Crippen LogP contribution in [0.15, 0.2) is 18.2 Å². The molecule has 19 heavy (non-hydrogen) atoms. The van der Waals surface area contributed by atoms with Gasteiger partial charge in [0.1, 0.15) is 0 Å². The van der Waals surface area contributed by atoms with Gasteiger partial charge in [-0.05, 0) is 70.3 Å². The lowest BCUT2D eigenvalue weighted by Crippen LogP contribution is -2.29. The molecule has 2 nitrogen and oxygen atoms in total. The summed E-state index contributed by atoms with van der Waals surface area (Å²) in [6.07, 6.45) is 5.18. The Morgan fingerprint density at radius 2 is 2.00 bits per heavy atom. The minimum atomic E-state index is 1.16. The van der Waals surface area contributed by atoms with Gasteiger partial charge in [0, 0.05) is 13.1 Å². The van der Waals surface area contributed by atoms with Crippen LogP contribution in [0.4, 0.5) is 0 Å². The van der Waals surface area contributed by atoms with E-state index in [0.717, 1.165) is 6.54 Å². The second kappa shape index (κ2) is 7.66. The number of nitrogens with one attached hydrogen (secondary N) is 1. The lowest BCUT2D eigenvalue weighted by molar-refractivity contribution is 0.286. The van der Waals surface area contributed by atoms with Gasteiger partial charge in [-0.1, -0.05) is 23.8 Å². The van der Waals surface area contributed by atoms with Crippen LogP contribution in [0.3, 0.4) is 0 Å². The quantitative estimate of drug-likeness (QED) is 0.819. The molecule has 0 bridgehead atoms. The highest BCUT2D eigenvalue weighted by atomic mass is 15.1. The number of aryl methyl sites for hydroxylation is 3. The molecule has 0 aliphatic carbocycles. The zero-order valence-electron chi connectivity index (χ0n) is 12.5. The highest BCUT2D eigenvalue weighted by Crippen LogP contribution is 2.13. The highest BCUT2D eigenvalue weighted by Gasteiger charge is 2.07. The summed E-state index contributed by atoms with van der Waals surface area (Å²) in [5.41, 5.74) is 4.38. The van der Waals surface area contributed by atoms with Crippen molar-refractivity contribution in [3.8, 4) is 0 Å². The second-order valence-corrected chi connectivity index (χ2v) is 5.83. The van der Waals surface area contributed by atoms with Gasteiger partial charge >= 0.3 is 0 Å². The fraction of sp³-hybridized carbons (Fsp3) is 0.647. The van der Waals surface area contributed by atoms with Crippen molar-refractivity contribution in [2.75, 3.05) is 32.7 Å². The van der Waals surface area contributed by atoms with Gasteiger partial charge in [-0.25, -0.2) is 0 Å². The molecule has 106 valence electrons. The van der Waals surface area contributed by atoms with Gasteiger partial charge in [-0.15, -0.1) is 0 Å². The van der Waals surface area contributed by atoms with Gasteiger partial charge in [0.05, 0.1) is 0 Å². The van der Waals surface area contributed by atoms with Crippen LogP contribution in [0.2, 0.25) is 0 Å². The van der Waals surface area contributed by atoms with Gasteiger partial charge in [0.2, 0.25) is 0 Å². The largest absolute Gasteiger partial charge is 0.315 e. The van der Waals surface area contributed by atoms with Crippen molar-refractivity contribution >= 4 is 0 Å². The third kappa shape index (κ3) is 4.96. The summed E-state index contributed by atoms with van der Waals surface area (Å²) in [7, 11) is 0. The number of nitrogens with zero attached hydrogens (tertiary/aromatic N) is 1. The van der Waals surface area contributed by atoms with E-state index in [1.807, 2.05) is 0 Å². The van der Waals surface area contributed by atoms with Gasteiger partial charge in [-0.2, -0.15) is 0 Å². The molecule has 0 aromatic heterocycles. The molecule has 2 rings (SSSR count). The van der Waals surface area contributed by atoms with Crippen molar-refractivity contribution in [1.29, 1.82) is 0 Å². The number of hydrogen-bond donors (Lipinski definition) is 1.